The van der Waals surface area contributed by atoms with E-state index in [-0.39, 0.29) is 5.97 Å². The van der Waals surface area contributed by atoms with Gasteiger partial charge in [0.15, 0.2) is 0 Å². The maximum absolute atomic E-state index is 11.1. The first-order chi connectivity index (χ1) is 9.76. The molecule has 0 bridgehead atoms. The molecule has 6 heteroatoms. The van der Waals surface area contributed by atoms with Crippen LogP contribution in [0.2, 0.25) is 0 Å². The van der Waals surface area contributed by atoms with E-state index < -0.39 is 0 Å². The van der Waals surface area contributed by atoms with Gasteiger partial charge in [-0.05, 0) is 25.1 Å². The molecular formula is C14H23NO4S. The van der Waals surface area contributed by atoms with Gasteiger partial charge < -0.3 is 19.5 Å². The summed E-state index contributed by atoms with van der Waals surface area (Å²) in [4.78, 5) is 13.4. The lowest BCUT2D eigenvalue weighted by Crippen LogP contribution is -2.16. The average molecular weight is 301 g/mol. The van der Waals surface area contributed by atoms with Crippen LogP contribution in [0, 0.1) is 0 Å². The molecule has 0 amide bonds. The van der Waals surface area contributed by atoms with E-state index >= 15 is 0 Å². The Morgan fingerprint density at radius 3 is 2.75 bits per heavy atom. The maximum atomic E-state index is 11.1. The summed E-state index contributed by atoms with van der Waals surface area (Å²) in [6.45, 7) is 3.78. The van der Waals surface area contributed by atoms with E-state index in [1.165, 1.54) is 12.0 Å². The van der Waals surface area contributed by atoms with Crippen molar-refractivity contribution in [1.82, 2.24) is 5.32 Å². The molecule has 0 atom stereocenters. The van der Waals surface area contributed by atoms with Crippen LogP contribution in [-0.2, 0) is 32.0 Å². The van der Waals surface area contributed by atoms with Crippen molar-refractivity contribution in [3.8, 4) is 0 Å². The van der Waals surface area contributed by atoms with Crippen LogP contribution in [0.5, 0.6) is 0 Å². The van der Waals surface area contributed by atoms with Gasteiger partial charge in [0.05, 0.1) is 26.7 Å². The molecule has 1 rings (SSSR count). The molecule has 0 saturated carbocycles. The van der Waals surface area contributed by atoms with Gasteiger partial charge in [0.2, 0.25) is 0 Å². The normalized spacial score (nSPS) is 10.7. The molecule has 0 aliphatic rings. The van der Waals surface area contributed by atoms with E-state index in [2.05, 4.69) is 10.1 Å². The van der Waals surface area contributed by atoms with Gasteiger partial charge in [-0.3, -0.25) is 4.79 Å². The van der Waals surface area contributed by atoms with Gasteiger partial charge in [0.1, 0.15) is 0 Å². The van der Waals surface area contributed by atoms with Crippen molar-refractivity contribution < 1.29 is 19.0 Å². The molecule has 0 saturated heterocycles. The van der Waals surface area contributed by atoms with Gasteiger partial charge in [-0.1, -0.05) is 0 Å². The summed E-state index contributed by atoms with van der Waals surface area (Å²) in [5.74, 6) is -0.195. The Bertz CT molecular complexity index is 381. The average Bonchev–Trinajstić information content (AvgIpc) is 2.89. The first kappa shape index (κ1) is 17.1. The van der Waals surface area contributed by atoms with Crippen LogP contribution >= 0.6 is 11.3 Å². The molecule has 0 spiro atoms. The zero-order valence-corrected chi connectivity index (χ0v) is 13.0. The standard InChI is InChI=1S/C14H23NO4S/c1-17-8-9-19-7-3-6-15-11-13-5-4-12(20-13)10-14(16)18-2/h4-5,15H,3,6-11H2,1-2H3. The Kier molecular flexibility index (Phi) is 9.23. The van der Waals surface area contributed by atoms with Crippen molar-refractivity contribution in [2.24, 2.45) is 0 Å². The summed E-state index contributed by atoms with van der Waals surface area (Å²) in [5, 5.41) is 3.36. The highest BCUT2D eigenvalue weighted by Crippen LogP contribution is 2.17. The van der Waals surface area contributed by atoms with Gasteiger partial charge >= 0.3 is 5.97 Å². The molecule has 1 aromatic heterocycles. The highest BCUT2D eigenvalue weighted by Gasteiger charge is 2.05. The van der Waals surface area contributed by atoms with E-state index in [1.54, 1.807) is 18.4 Å². The van der Waals surface area contributed by atoms with Crippen molar-refractivity contribution in [1.29, 1.82) is 0 Å². The fraction of sp³-hybridized carbons (Fsp3) is 0.643. The largest absolute Gasteiger partial charge is 0.469 e. The summed E-state index contributed by atoms with van der Waals surface area (Å²) in [6, 6.07) is 4.03. The topological polar surface area (TPSA) is 56.8 Å². The second-order valence-corrected chi connectivity index (χ2v) is 5.51. The number of hydrogen-bond acceptors (Lipinski definition) is 6. The highest BCUT2D eigenvalue weighted by molar-refractivity contribution is 7.12. The van der Waals surface area contributed by atoms with E-state index in [9.17, 15) is 4.79 Å². The van der Waals surface area contributed by atoms with Gasteiger partial charge in [0, 0.05) is 30.0 Å². The Balaban J connectivity index is 2.06. The molecule has 5 nitrogen and oxygen atoms in total. The Labute approximate surface area is 124 Å². The van der Waals surface area contributed by atoms with Gasteiger partial charge in [-0.2, -0.15) is 0 Å². The molecule has 1 N–H and O–H groups in total. The lowest BCUT2D eigenvalue weighted by molar-refractivity contribution is -0.139. The zero-order chi connectivity index (χ0) is 14.6. The third kappa shape index (κ3) is 7.59. The first-order valence-electron chi connectivity index (χ1n) is 6.68. The number of ether oxygens (including phenoxy) is 3. The van der Waals surface area contributed by atoms with Gasteiger partial charge in [0.25, 0.3) is 0 Å². The van der Waals surface area contributed by atoms with Crippen LogP contribution in [0.25, 0.3) is 0 Å². The predicted octanol–water partition coefficient (Wildman–Crippen LogP) is 1.61. The van der Waals surface area contributed by atoms with Crippen LogP contribution in [-0.4, -0.2) is 46.6 Å². The van der Waals surface area contributed by atoms with Gasteiger partial charge in [-0.25, -0.2) is 0 Å². The quantitative estimate of drug-likeness (QED) is 0.497. The van der Waals surface area contributed by atoms with E-state index in [1.807, 2.05) is 12.1 Å². The first-order valence-corrected chi connectivity index (χ1v) is 7.49. The minimum Gasteiger partial charge on any atom is -0.469 e. The number of carbonyl (C=O) groups is 1. The smallest absolute Gasteiger partial charge is 0.310 e. The summed E-state index contributed by atoms with van der Waals surface area (Å²) in [6.07, 6.45) is 1.33. The second-order valence-electron chi connectivity index (χ2n) is 4.26. The van der Waals surface area contributed by atoms with Crippen molar-refractivity contribution in [2.75, 3.05) is 40.6 Å². The van der Waals surface area contributed by atoms with Crippen LogP contribution in [0.15, 0.2) is 12.1 Å². The number of rotatable bonds is 11. The van der Waals surface area contributed by atoms with Crippen LogP contribution in [0.4, 0.5) is 0 Å². The summed E-state index contributed by atoms with van der Waals surface area (Å²) in [7, 11) is 3.08. The third-order valence-corrected chi connectivity index (χ3v) is 3.72. The van der Waals surface area contributed by atoms with Crippen molar-refractivity contribution >= 4 is 17.3 Å². The molecule has 0 aliphatic carbocycles. The number of esters is 1. The van der Waals surface area contributed by atoms with Crippen LogP contribution < -0.4 is 5.32 Å². The number of carbonyl (C=O) groups excluding carboxylic acids is 1. The molecule has 0 radical (unpaired) electrons. The number of nitrogens with one attached hydrogen (secondary N) is 1. The van der Waals surface area contributed by atoms with E-state index in [0.717, 1.165) is 31.0 Å². The third-order valence-electron chi connectivity index (χ3n) is 2.64. The van der Waals surface area contributed by atoms with Gasteiger partial charge in [-0.15, -0.1) is 11.3 Å². The molecule has 1 heterocycles. The molecule has 0 aliphatic heterocycles. The van der Waals surface area contributed by atoms with Crippen molar-refractivity contribution in [3.63, 3.8) is 0 Å². The fourth-order valence-electron chi connectivity index (χ4n) is 1.58. The Morgan fingerprint density at radius 1 is 1.20 bits per heavy atom. The number of thiophene rings is 1. The molecule has 0 aromatic carbocycles. The van der Waals surface area contributed by atoms with Crippen molar-refractivity contribution in [3.05, 3.63) is 21.9 Å². The molecule has 0 unspecified atom stereocenters. The van der Waals surface area contributed by atoms with Crippen molar-refractivity contribution in [2.45, 2.75) is 19.4 Å². The monoisotopic (exact) mass is 301 g/mol. The van der Waals surface area contributed by atoms with E-state index in [0.29, 0.717) is 19.6 Å². The minimum atomic E-state index is -0.195. The fourth-order valence-corrected chi connectivity index (χ4v) is 2.56. The Hall–Kier alpha value is -0.950. The molecular weight excluding hydrogens is 278 g/mol. The zero-order valence-electron chi connectivity index (χ0n) is 12.1. The SMILES string of the molecule is COCCOCCCNCc1ccc(CC(=O)OC)s1. The molecule has 0 fully saturated rings. The molecule has 114 valence electrons. The minimum absolute atomic E-state index is 0.195. The lowest BCUT2D eigenvalue weighted by atomic mass is 10.3. The summed E-state index contributed by atoms with van der Waals surface area (Å²) < 4.78 is 14.9. The van der Waals surface area contributed by atoms with Crippen LogP contribution in [0.1, 0.15) is 16.2 Å². The number of methoxy groups -OCH3 is 2. The van der Waals surface area contributed by atoms with Crippen LogP contribution in [0.3, 0.4) is 0 Å². The predicted molar refractivity (Wildman–Crippen MR) is 79.1 cm³/mol. The second kappa shape index (κ2) is 10.8. The Morgan fingerprint density at radius 2 is 2.00 bits per heavy atom. The summed E-state index contributed by atoms with van der Waals surface area (Å²) in [5.41, 5.74) is 0. The lowest BCUT2D eigenvalue weighted by Gasteiger charge is -2.04. The highest BCUT2D eigenvalue weighted by atomic mass is 32.1. The van der Waals surface area contributed by atoms with E-state index in [4.69, 9.17) is 9.47 Å². The summed E-state index contributed by atoms with van der Waals surface area (Å²) >= 11 is 1.64. The maximum Gasteiger partial charge on any atom is 0.310 e. The molecule has 1 aromatic rings. The molecule has 20 heavy (non-hydrogen) atoms. The number of hydrogen-bond donors (Lipinski definition) is 1.